The molecule has 2 atom stereocenters. The number of imide groups is 1. The van der Waals surface area contributed by atoms with Crippen molar-refractivity contribution in [3.63, 3.8) is 0 Å². The maximum absolute atomic E-state index is 13.5. The Morgan fingerprint density at radius 2 is 1.78 bits per heavy atom. The van der Waals surface area contributed by atoms with Crippen LogP contribution >= 0.6 is 0 Å². The predicted molar refractivity (Wildman–Crippen MR) is 120 cm³/mol. The molecular formula is C23H31N5O4. The van der Waals surface area contributed by atoms with Crippen LogP contribution < -0.4 is 9.64 Å². The third kappa shape index (κ3) is 3.55. The summed E-state index contributed by atoms with van der Waals surface area (Å²) in [5.41, 5.74) is 1.55. The zero-order valence-electron chi connectivity index (χ0n) is 19.2. The lowest BCUT2D eigenvalue weighted by molar-refractivity contribution is -0.138. The molecular weight excluding hydrogens is 410 g/mol. The number of urea groups is 1. The highest BCUT2D eigenvalue weighted by atomic mass is 16.5. The van der Waals surface area contributed by atoms with E-state index in [0.717, 1.165) is 22.8 Å². The van der Waals surface area contributed by atoms with Crippen LogP contribution in [0.4, 0.5) is 10.5 Å². The molecule has 0 radical (unpaired) electrons. The standard InChI is InChI=1S/C23H31N5O4/c1-5-10-28-18(15-16-20(28)24(2)23(31)25(3)21(16)29)22(30)27-13-11-26(12-14-27)17-8-6-7-9-19(17)32-4/h6-9,15-16,20H,5,10-14H2,1-4H3. The van der Waals surface area contributed by atoms with Gasteiger partial charge in [-0.15, -0.1) is 0 Å². The maximum Gasteiger partial charge on any atom is 0.327 e. The van der Waals surface area contributed by atoms with Crippen LogP contribution in [-0.2, 0) is 9.59 Å². The van der Waals surface area contributed by atoms with Crippen LogP contribution in [0.3, 0.4) is 0 Å². The van der Waals surface area contributed by atoms with Gasteiger partial charge < -0.3 is 24.3 Å². The molecule has 0 N–H and O–H groups in total. The van der Waals surface area contributed by atoms with Crippen LogP contribution in [0, 0.1) is 5.92 Å². The molecule has 2 unspecified atom stereocenters. The molecule has 0 aliphatic carbocycles. The monoisotopic (exact) mass is 441 g/mol. The molecule has 0 saturated carbocycles. The largest absolute Gasteiger partial charge is 0.495 e. The van der Waals surface area contributed by atoms with Gasteiger partial charge >= 0.3 is 6.03 Å². The fourth-order valence-electron chi connectivity index (χ4n) is 4.90. The number of anilines is 1. The van der Waals surface area contributed by atoms with Crippen molar-refractivity contribution in [1.29, 1.82) is 0 Å². The number of hydrogen-bond donors (Lipinski definition) is 0. The molecule has 9 heteroatoms. The minimum atomic E-state index is -0.525. The van der Waals surface area contributed by atoms with Crippen LogP contribution in [0.5, 0.6) is 5.75 Å². The summed E-state index contributed by atoms with van der Waals surface area (Å²) in [4.78, 5) is 47.5. The molecule has 2 saturated heterocycles. The Bertz CT molecular complexity index is 940. The van der Waals surface area contributed by atoms with E-state index in [-0.39, 0.29) is 17.8 Å². The third-order valence-electron chi connectivity index (χ3n) is 6.56. The summed E-state index contributed by atoms with van der Waals surface area (Å²) in [5, 5.41) is 0. The normalized spacial score (nSPS) is 23.5. The number of methoxy groups -OCH3 is 1. The van der Waals surface area contributed by atoms with E-state index in [1.165, 1.54) is 7.05 Å². The lowest BCUT2D eigenvalue weighted by Gasteiger charge is -2.43. The summed E-state index contributed by atoms with van der Waals surface area (Å²) in [7, 11) is 4.85. The molecule has 0 bridgehead atoms. The van der Waals surface area contributed by atoms with E-state index in [2.05, 4.69) is 4.90 Å². The Hall–Kier alpha value is -3.23. The lowest BCUT2D eigenvalue weighted by atomic mass is 10.0. The maximum atomic E-state index is 13.5. The quantitative estimate of drug-likeness (QED) is 0.688. The fraction of sp³-hybridized carbons (Fsp3) is 0.522. The molecule has 3 heterocycles. The summed E-state index contributed by atoms with van der Waals surface area (Å²) in [6, 6.07) is 7.54. The second-order valence-corrected chi connectivity index (χ2v) is 8.43. The van der Waals surface area contributed by atoms with Crippen LogP contribution in [0.15, 0.2) is 36.0 Å². The number of amides is 4. The number of fused-ring (bicyclic) bond motifs is 1. The van der Waals surface area contributed by atoms with Gasteiger partial charge in [-0.25, -0.2) is 4.79 Å². The van der Waals surface area contributed by atoms with Gasteiger partial charge in [-0.2, -0.15) is 0 Å². The molecule has 4 amide bonds. The smallest absolute Gasteiger partial charge is 0.327 e. The van der Waals surface area contributed by atoms with Gasteiger partial charge in [0.05, 0.1) is 18.7 Å². The zero-order valence-corrected chi connectivity index (χ0v) is 19.2. The first kappa shape index (κ1) is 22.0. The highest BCUT2D eigenvalue weighted by Gasteiger charge is 2.50. The molecule has 172 valence electrons. The number of nitrogens with zero attached hydrogens (tertiary/aromatic N) is 5. The molecule has 0 spiro atoms. The van der Waals surface area contributed by atoms with Crippen molar-refractivity contribution in [2.75, 3.05) is 58.8 Å². The molecule has 2 fully saturated rings. The first-order valence-corrected chi connectivity index (χ1v) is 11.1. The van der Waals surface area contributed by atoms with Crippen molar-refractivity contribution >= 4 is 23.5 Å². The van der Waals surface area contributed by atoms with Gasteiger partial charge in [-0.1, -0.05) is 19.1 Å². The fourth-order valence-corrected chi connectivity index (χ4v) is 4.90. The molecule has 3 aliphatic rings. The first-order chi connectivity index (χ1) is 15.4. The van der Waals surface area contributed by atoms with E-state index < -0.39 is 12.1 Å². The Morgan fingerprint density at radius 3 is 2.44 bits per heavy atom. The summed E-state index contributed by atoms with van der Waals surface area (Å²) < 4.78 is 5.48. The van der Waals surface area contributed by atoms with Crippen molar-refractivity contribution in [2.45, 2.75) is 19.5 Å². The van der Waals surface area contributed by atoms with Crippen LogP contribution in [-0.4, -0.2) is 97.5 Å². The Morgan fingerprint density at radius 1 is 1.09 bits per heavy atom. The number of ether oxygens (including phenoxy) is 1. The second kappa shape index (κ2) is 8.72. The number of benzene rings is 1. The van der Waals surface area contributed by atoms with E-state index in [1.54, 1.807) is 25.1 Å². The van der Waals surface area contributed by atoms with Crippen LogP contribution in [0.25, 0.3) is 0 Å². The third-order valence-corrected chi connectivity index (χ3v) is 6.56. The van der Waals surface area contributed by atoms with Gasteiger partial charge in [-0.05, 0) is 24.6 Å². The van der Waals surface area contributed by atoms with E-state index in [1.807, 2.05) is 41.0 Å². The van der Waals surface area contributed by atoms with Crippen molar-refractivity contribution in [3.05, 3.63) is 36.0 Å². The minimum Gasteiger partial charge on any atom is -0.495 e. The second-order valence-electron chi connectivity index (χ2n) is 8.43. The van der Waals surface area contributed by atoms with Crippen molar-refractivity contribution in [2.24, 2.45) is 5.92 Å². The summed E-state index contributed by atoms with van der Waals surface area (Å²) in [6.45, 7) is 5.17. The SMILES string of the molecule is CCCN1C(C(=O)N2CCN(c3ccccc3OC)CC2)=CC2C(=O)N(C)C(=O)N(C)C21. The number of para-hydroxylation sites is 2. The van der Waals surface area contributed by atoms with Crippen molar-refractivity contribution in [3.8, 4) is 5.75 Å². The van der Waals surface area contributed by atoms with E-state index >= 15 is 0 Å². The molecule has 1 aromatic rings. The highest BCUT2D eigenvalue weighted by Crippen LogP contribution is 2.35. The molecule has 3 aliphatic heterocycles. The van der Waals surface area contributed by atoms with Crippen LogP contribution in [0.2, 0.25) is 0 Å². The zero-order chi connectivity index (χ0) is 23.0. The Labute approximate surface area is 188 Å². The average molecular weight is 442 g/mol. The molecule has 0 aromatic heterocycles. The molecule has 32 heavy (non-hydrogen) atoms. The average Bonchev–Trinajstić information content (AvgIpc) is 3.20. The van der Waals surface area contributed by atoms with Crippen molar-refractivity contribution in [1.82, 2.24) is 19.6 Å². The number of rotatable bonds is 5. The van der Waals surface area contributed by atoms with Crippen molar-refractivity contribution < 1.29 is 19.1 Å². The predicted octanol–water partition coefficient (Wildman–Crippen LogP) is 1.42. The van der Waals surface area contributed by atoms with E-state index in [0.29, 0.717) is 38.4 Å². The van der Waals surface area contributed by atoms with Gasteiger partial charge in [0.15, 0.2) is 0 Å². The van der Waals surface area contributed by atoms with E-state index in [9.17, 15) is 14.4 Å². The summed E-state index contributed by atoms with van der Waals surface area (Å²) in [5.74, 6) is -0.0470. The minimum absolute atomic E-state index is 0.0798. The lowest BCUT2D eigenvalue weighted by Crippen LogP contribution is -2.62. The van der Waals surface area contributed by atoms with Gasteiger partial charge in [0.1, 0.15) is 17.6 Å². The molecule has 4 rings (SSSR count). The van der Waals surface area contributed by atoms with Gasteiger partial charge in [0.2, 0.25) is 5.91 Å². The Balaban J connectivity index is 1.51. The topological polar surface area (TPSA) is 76.6 Å². The van der Waals surface area contributed by atoms with Crippen LogP contribution in [0.1, 0.15) is 13.3 Å². The number of carbonyl (C=O) groups excluding carboxylic acids is 3. The molecule has 9 nitrogen and oxygen atoms in total. The summed E-state index contributed by atoms with van der Waals surface area (Å²) in [6.07, 6.45) is 2.12. The molecule has 1 aromatic carbocycles. The number of hydrogen-bond acceptors (Lipinski definition) is 6. The number of carbonyl (C=O) groups is 3. The van der Waals surface area contributed by atoms with Gasteiger partial charge in [-0.3, -0.25) is 14.5 Å². The first-order valence-electron chi connectivity index (χ1n) is 11.1. The summed E-state index contributed by atoms with van der Waals surface area (Å²) >= 11 is 0. The Kier molecular flexibility index (Phi) is 5.99. The number of piperazine rings is 1. The van der Waals surface area contributed by atoms with E-state index in [4.69, 9.17) is 4.74 Å². The highest BCUT2D eigenvalue weighted by molar-refractivity contribution is 6.02. The van der Waals surface area contributed by atoms with Gasteiger partial charge in [0.25, 0.3) is 5.91 Å². The van der Waals surface area contributed by atoms with Gasteiger partial charge in [0, 0.05) is 46.8 Å².